The lowest BCUT2D eigenvalue weighted by molar-refractivity contribution is 0.557. The number of anilines is 2. The summed E-state index contributed by atoms with van der Waals surface area (Å²) < 4.78 is 14.9. The number of hydrogen-bond acceptors (Lipinski definition) is 3. The van der Waals surface area contributed by atoms with Crippen molar-refractivity contribution in [1.82, 2.24) is 10.3 Å². The summed E-state index contributed by atoms with van der Waals surface area (Å²) in [6.45, 7) is 6.58. The number of thiocarbonyl (C=S) groups is 1. The van der Waals surface area contributed by atoms with Crippen LogP contribution in [0.15, 0.2) is 72.9 Å². The molecule has 3 aromatic rings. The Hall–Kier alpha value is -3.25. The van der Waals surface area contributed by atoms with Crippen LogP contribution in [0.4, 0.5) is 15.8 Å². The fourth-order valence-corrected chi connectivity index (χ4v) is 5.30. The molecule has 2 atom stereocenters. The first-order valence-electron chi connectivity index (χ1n) is 11.1. The van der Waals surface area contributed by atoms with Gasteiger partial charge in [0.1, 0.15) is 5.82 Å². The van der Waals surface area contributed by atoms with Gasteiger partial charge in [-0.2, -0.15) is 0 Å². The van der Waals surface area contributed by atoms with Gasteiger partial charge in [-0.3, -0.25) is 4.98 Å². The number of pyridine rings is 1. The highest BCUT2D eigenvalue weighted by Crippen LogP contribution is 2.45. The summed E-state index contributed by atoms with van der Waals surface area (Å²) in [5, 5.41) is 3.90. The maximum atomic E-state index is 14.9. The Bertz CT molecular complexity index is 1250. The molecule has 2 aromatic carbocycles. The molecule has 0 spiro atoms. The Morgan fingerprint density at radius 1 is 1.03 bits per heavy atom. The molecule has 0 saturated carbocycles. The number of aromatic nitrogens is 1. The van der Waals surface area contributed by atoms with E-state index in [9.17, 15) is 4.39 Å². The van der Waals surface area contributed by atoms with Crippen molar-refractivity contribution in [1.29, 1.82) is 0 Å². The zero-order valence-corrected chi connectivity index (χ0v) is 20.0. The minimum Gasteiger partial charge on any atom is -0.366 e. The summed E-state index contributed by atoms with van der Waals surface area (Å²) in [5.41, 5.74) is 5.92. The lowest BCUT2D eigenvalue weighted by Crippen LogP contribution is -2.42. The van der Waals surface area contributed by atoms with E-state index in [2.05, 4.69) is 67.3 Å². The van der Waals surface area contributed by atoms with Gasteiger partial charge in [0, 0.05) is 24.5 Å². The van der Waals surface area contributed by atoms with E-state index in [1.807, 2.05) is 29.2 Å². The van der Waals surface area contributed by atoms with Crippen molar-refractivity contribution in [3.63, 3.8) is 0 Å². The molecule has 5 rings (SSSR count). The molecule has 2 aliphatic rings. The van der Waals surface area contributed by atoms with Crippen LogP contribution in [-0.4, -0.2) is 22.7 Å². The third-order valence-corrected chi connectivity index (χ3v) is 7.11. The molecule has 1 saturated heterocycles. The largest absolute Gasteiger partial charge is 0.366 e. The van der Waals surface area contributed by atoms with Crippen molar-refractivity contribution in [2.75, 3.05) is 16.8 Å². The Balaban J connectivity index is 1.67. The second kappa shape index (κ2) is 7.96. The lowest BCUT2D eigenvalue weighted by atomic mass is 9.86. The zero-order valence-electron chi connectivity index (χ0n) is 19.2. The Kier molecular flexibility index (Phi) is 5.20. The molecular weight excluding hydrogens is 431 g/mol. The van der Waals surface area contributed by atoms with Crippen molar-refractivity contribution >= 4 is 34.3 Å². The van der Waals surface area contributed by atoms with Gasteiger partial charge >= 0.3 is 0 Å². The molecule has 33 heavy (non-hydrogen) atoms. The summed E-state index contributed by atoms with van der Waals surface area (Å²) in [6, 6.07) is 18.7. The third-order valence-electron chi connectivity index (χ3n) is 6.79. The topological polar surface area (TPSA) is 31.4 Å². The molecular formula is C27H27FN4S. The third kappa shape index (κ3) is 3.59. The summed E-state index contributed by atoms with van der Waals surface area (Å²) in [5.74, 6) is -0.302. The van der Waals surface area contributed by atoms with Crippen LogP contribution in [0.5, 0.6) is 0 Å². The van der Waals surface area contributed by atoms with Crippen molar-refractivity contribution in [2.24, 2.45) is 0 Å². The van der Waals surface area contributed by atoms with Gasteiger partial charge in [-0.15, -0.1) is 0 Å². The molecule has 1 aromatic heterocycles. The van der Waals surface area contributed by atoms with E-state index < -0.39 is 0 Å². The molecule has 168 valence electrons. The monoisotopic (exact) mass is 458 g/mol. The van der Waals surface area contributed by atoms with Crippen molar-refractivity contribution < 1.29 is 4.39 Å². The number of allylic oxidation sites excluding steroid dienone is 1. The number of rotatable bonds is 3. The highest BCUT2D eigenvalue weighted by molar-refractivity contribution is 7.80. The first kappa shape index (κ1) is 21.6. The lowest BCUT2D eigenvalue weighted by Gasteiger charge is -2.41. The molecule has 1 fully saturated rings. The molecule has 0 aliphatic carbocycles. The zero-order chi connectivity index (χ0) is 23.3. The van der Waals surface area contributed by atoms with Crippen molar-refractivity contribution in [2.45, 2.75) is 38.4 Å². The Morgan fingerprint density at radius 3 is 2.52 bits per heavy atom. The number of fused-ring (bicyclic) bond motifs is 1. The summed E-state index contributed by atoms with van der Waals surface area (Å²) in [4.78, 5) is 8.78. The molecule has 2 aliphatic heterocycles. The van der Waals surface area contributed by atoms with E-state index in [0.717, 1.165) is 11.3 Å². The molecule has 0 unspecified atom stereocenters. The van der Waals surface area contributed by atoms with Gasteiger partial charge in [0.2, 0.25) is 0 Å². The van der Waals surface area contributed by atoms with Gasteiger partial charge in [-0.05, 0) is 80.5 Å². The highest BCUT2D eigenvalue weighted by atomic mass is 32.1. The summed E-state index contributed by atoms with van der Waals surface area (Å²) in [6.07, 6.45) is 4.07. The van der Waals surface area contributed by atoms with Crippen LogP contribution < -0.4 is 15.1 Å². The molecule has 3 heterocycles. The summed E-state index contributed by atoms with van der Waals surface area (Å²) >= 11 is 5.73. The molecule has 0 bridgehead atoms. The minimum atomic E-state index is -0.302. The van der Waals surface area contributed by atoms with E-state index in [0.29, 0.717) is 10.8 Å². The maximum absolute atomic E-state index is 14.9. The molecule has 1 N–H and O–H groups in total. The van der Waals surface area contributed by atoms with Gasteiger partial charge in [0.25, 0.3) is 0 Å². The van der Waals surface area contributed by atoms with Gasteiger partial charge in [0.05, 0.1) is 29.0 Å². The number of nitrogens with one attached hydrogen (secondary N) is 1. The van der Waals surface area contributed by atoms with Crippen LogP contribution >= 0.6 is 12.2 Å². The average Bonchev–Trinajstić information content (AvgIpc) is 3.15. The first-order chi connectivity index (χ1) is 15.8. The Morgan fingerprint density at radius 2 is 1.79 bits per heavy atom. The van der Waals surface area contributed by atoms with Crippen LogP contribution in [-0.2, 0) is 0 Å². The normalized spacial score (nSPS) is 21.5. The van der Waals surface area contributed by atoms with E-state index in [4.69, 9.17) is 12.2 Å². The van der Waals surface area contributed by atoms with E-state index >= 15 is 0 Å². The van der Waals surface area contributed by atoms with Crippen molar-refractivity contribution in [3.05, 3.63) is 95.6 Å². The number of halogens is 1. The second-order valence-electron chi connectivity index (χ2n) is 9.26. The number of nitrogens with zero attached hydrogens (tertiary/aromatic N) is 3. The summed E-state index contributed by atoms with van der Waals surface area (Å²) in [7, 11) is 2.12. The molecule has 4 nitrogen and oxygen atoms in total. The van der Waals surface area contributed by atoms with Gasteiger partial charge in [-0.25, -0.2) is 4.39 Å². The average molecular weight is 459 g/mol. The van der Waals surface area contributed by atoms with E-state index in [-0.39, 0.29) is 23.4 Å². The number of para-hydroxylation sites is 1. The second-order valence-corrected chi connectivity index (χ2v) is 9.65. The first-order valence-corrected chi connectivity index (χ1v) is 11.5. The van der Waals surface area contributed by atoms with Crippen LogP contribution in [0, 0.1) is 5.82 Å². The van der Waals surface area contributed by atoms with Crippen LogP contribution in [0.1, 0.15) is 49.7 Å². The standard InChI is InChI=1S/C27H27FN4S/c1-17-16-27(2,3)31(4)22-13-12-18(15-19(17)22)25-24(21-10-7-8-14-29-21)30-26(33)32(25)23-11-6-5-9-20(23)28/h5-16,24-25H,1-4H3,(H,30,33)/t24-,25-/m0/s1. The smallest absolute Gasteiger partial charge is 0.174 e. The Labute approximate surface area is 199 Å². The highest BCUT2D eigenvalue weighted by Gasteiger charge is 2.42. The SMILES string of the molecule is CC1=CC(C)(C)N(C)c2ccc([C@H]3[C@H](c4ccccn4)NC(=S)N3c3ccccc3F)cc21. The predicted octanol–water partition coefficient (Wildman–Crippen LogP) is 6.03. The number of hydrogen-bond donors (Lipinski definition) is 1. The maximum Gasteiger partial charge on any atom is 0.174 e. The molecule has 0 amide bonds. The van der Waals surface area contributed by atoms with Crippen LogP contribution in [0.3, 0.4) is 0 Å². The van der Waals surface area contributed by atoms with Crippen LogP contribution in [0.25, 0.3) is 5.57 Å². The van der Waals surface area contributed by atoms with E-state index in [1.54, 1.807) is 18.3 Å². The fourth-order valence-electron chi connectivity index (χ4n) is 4.96. The molecule has 0 radical (unpaired) electrons. The number of benzene rings is 2. The molecule has 6 heteroatoms. The minimum absolute atomic E-state index is 0.0647. The quantitative estimate of drug-likeness (QED) is 0.485. The van der Waals surface area contributed by atoms with Gasteiger partial charge in [0.15, 0.2) is 5.11 Å². The van der Waals surface area contributed by atoms with E-state index in [1.165, 1.54) is 22.9 Å². The van der Waals surface area contributed by atoms with Crippen molar-refractivity contribution in [3.8, 4) is 0 Å². The van der Waals surface area contributed by atoms with Gasteiger partial charge < -0.3 is 15.1 Å². The number of likely N-dealkylation sites (N-methyl/N-ethyl adjacent to an activating group) is 1. The van der Waals surface area contributed by atoms with Crippen LogP contribution in [0.2, 0.25) is 0 Å². The fraction of sp³-hybridized carbons (Fsp3) is 0.259. The van der Waals surface area contributed by atoms with Gasteiger partial charge in [-0.1, -0.05) is 30.3 Å². The predicted molar refractivity (Wildman–Crippen MR) is 137 cm³/mol.